The number of anilines is 1. The van der Waals surface area contributed by atoms with Crippen LogP contribution in [0.4, 0.5) is 5.82 Å². The number of nitrogens with zero attached hydrogens (tertiary/aromatic N) is 3. The summed E-state index contributed by atoms with van der Waals surface area (Å²) in [6.45, 7) is 4.08. The molecule has 0 bridgehead atoms. The second-order valence-corrected chi connectivity index (χ2v) is 6.94. The molecular weight excluding hydrogens is 338 g/mol. The number of hydrogen-bond donors (Lipinski definition) is 2. The lowest BCUT2D eigenvalue weighted by atomic mass is 9.86. The van der Waals surface area contributed by atoms with E-state index >= 15 is 0 Å². The molecule has 1 atom stereocenters. The first kappa shape index (κ1) is 15.9. The first-order chi connectivity index (χ1) is 12.0. The Labute approximate surface area is 150 Å². The number of aromatic amines is 1. The number of amides is 1. The highest BCUT2D eigenvalue weighted by atomic mass is 35.5. The highest BCUT2D eigenvalue weighted by Gasteiger charge is 2.32. The van der Waals surface area contributed by atoms with Crippen LogP contribution >= 0.6 is 11.6 Å². The van der Waals surface area contributed by atoms with Gasteiger partial charge in [-0.3, -0.25) is 9.89 Å². The van der Waals surface area contributed by atoms with E-state index in [-0.39, 0.29) is 17.9 Å². The second-order valence-electron chi connectivity index (χ2n) is 6.50. The predicted octanol–water partition coefficient (Wildman–Crippen LogP) is 3.98. The van der Waals surface area contributed by atoms with E-state index < -0.39 is 0 Å². The summed E-state index contributed by atoms with van der Waals surface area (Å²) in [5.41, 5.74) is 3.90. The number of aromatic nitrogens is 4. The molecule has 0 saturated carbocycles. The standard InChI is InChI=1S/C18H18ClN5O/c1-10(2)24-18-15(9-21-24)13(7-16(25)22-18)14-8-20-23-17(14)11-3-5-12(19)6-4-11/h3-6,8-10,13H,7H2,1-2H3,(H,20,23)(H,22,25)/t13-/m1/s1. The third-order valence-electron chi connectivity index (χ3n) is 4.51. The van der Waals surface area contributed by atoms with Crippen molar-refractivity contribution in [2.75, 3.05) is 5.32 Å². The highest BCUT2D eigenvalue weighted by Crippen LogP contribution is 2.41. The maximum Gasteiger partial charge on any atom is 0.226 e. The van der Waals surface area contributed by atoms with Crippen molar-refractivity contribution in [2.45, 2.75) is 32.2 Å². The number of carbonyl (C=O) groups excluding carboxylic acids is 1. The number of benzene rings is 1. The van der Waals surface area contributed by atoms with Gasteiger partial charge in [-0.25, -0.2) is 4.68 Å². The monoisotopic (exact) mass is 355 g/mol. The van der Waals surface area contributed by atoms with Gasteiger partial charge in [0.1, 0.15) is 5.82 Å². The molecule has 7 heteroatoms. The summed E-state index contributed by atoms with van der Waals surface area (Å²) in [6, 6.07) is 7.75. The van der Waals surface area contributed by atoms with Crippen molar-refractivity contribution in [3.05, 3.63) is 52.8 Å². The number of halogens is 1. The van der Waals surface area contributed by atoms with Crippen LogP contribution in [0.1, 0.15) is 43.4 Å². The zero-order valence-corrected chi connectivity index (χ0v) is 14.7. The van der Waals surface area contributed by atoms with Gasteiger partial charge in [0.25, 0.3) is 0 Å². The van der Waals surface area contributed by atoms with Crippen LogP contribution in [-0.4, -0.2) is 25.9 Å². The third-order valence-corrected chi connectivity index (χ3v) is 4.76. The minimum atomic E-state index is -0.0827. The Kier molecular flexibility index (Phi) is 3.84. The first-order valence-electron chi connectivity index (χ1n) is 8.21. The van der Waals surface area contributed by atoms with Gasteiger partial charge in [-0.1, -0.05) is 23.7 Å². The topological polar surface area (TPSA) is 75.6 Å². The molecule has 0 spiro atoms. The molecule has 1 aliphatic rings. The fourth-order valence-electron chi connectivity index (χ4n) is 3.31. The average Bonchev–Trinajstić information content (AvgIpc) is 3.21. The van der Waals surface area contributed by atoms with Crippen LogP contribution in [0.5, 0.6) is 0 Å². The van der Waals surface area contributed by atoms with Gasteiger partial charge in [0.05, 0.1) is 18.1 Å². The smallest absolute Gasteiger partial charge is 0.226 e. The number of nitrogens with one attached hydrogen (secondary N) is 2. The van der Waals surface area contributed by atoms with Crippen molar-refractivity contribution < 1.29 is 4.79 Å². The molecular formula is C18H18ClN5O. The fraction of sp³-hybridized carbons (Fsp3) is 0.278. The molecule has 0 fully saturated rings. The molecule has 128 valence electrons. The van der Waals surface area contributed by atoms with Gasteiger partial charge in [-0.05, 0) is 31.5 Å². The molecule has 4 rings (SSSR count). The summed E-state index contributed by atoms with van der Waals surface area (Å²) in [5.74, 6) is 0.684. The zero-order chi connectivity index (χ0) is 17.6. The van der Waals surface area contributed by atoms with E-state index in [1.54, 1.807) is 6.20 Å². The van der Waals surface area contributed by atoms with E-state index in [2.05, 4.69) is 20.6 Å². The lowest BCUT2D eigenvalue weighted by molar-refractivity contribution is -0.116. The Bertz CT molecular complexity index is 925. The van der Waals surface area contributed by atoms with E-state index in [4.69, 9.17) is 11.6 Å². The summed E-state index contributed by atoms with van der Waals surface area (Å²) in [5, 5.41) is 15.4. The zero-order valence-electron chi connectivity index (χ0n) is 14.0. The Morgan fingerprint density at radius 1 is 1.20 bits per heavy atom. The Balaban J connectivity index is 1.81. The van der Waals surface area contributed by atoms with Crippen LogP contribution in [0.15, 0.2) is 36.7 Å². The molecule has 1 amide bonds. The third kappa shape index (κ3) is 2.72. The first-order valence-corrected chi connectivity index (χ1v) is 8.59. The van der Waals surface area contributed by atoms with Gasteiger partial charge < -0.3 is 5.32 Å². The Hall–Kier alpha value is -2.60. The Morgan fingerprint density at radius 2 is 1.96 bits per heavy atom. The van der Waals surface area contributed by atoms with E-state index in [9.17, 15) is 4.79 Å². The maximum absolute atomic E-state index is 12.3. The number of carbonyl (C=O) groups is 1. The van der Waals surface area contributed by atoms with Gasteiger partial charge >= 0.3 is 0 Å². The summed E-state index contributed by atoms with van der Waals surface area (Å²) < 4.78 is 1.85. The van der Waals surface area contributed by atoms with Crippen molar-refractivity contribution in [2.24, 2.45) is 0 Å². The number of fused-ring (bicyclic) bond motifs is 1. The predicted molar refractivity (Wildman–Crippen MR) is 96.7 cm³/mol. The number of H-pyrrole nitrogens is 1. The summed E-state index contributed by atoms with van der Waals surface area (Å²) in [4.78, 5) is 12.3. The van der Waals surface area contributed by atoms with Gasteiger partial charge in [0.2, 0.25) is 5.91 Å². The molecule has 2 aromatic heterocycles. The Morgan fingerprint density at radius 3 is 2.68 bits per heavy atom. The molecule has 0 aliphatic carbocycles. The molecule has 0 saturated heterocycles. The lowest BCUT2D eigenvalue weighted by Crippen LogP contribution is -2.25. The second kappa shape index (κ2) is 6.04. The molecule has 3 aromatic rings. The van der Waals surface area contributed by atoms with Gasteiger partial charge in [0, 0.05) is 34.5 Å². The van der Waals surface area contributed by atoms with E-state index in [0.29, 0.717) is 11.4 Å². The summed E-state index contributed by atoms with van der Waals surface area (Å²) in [6.07, 6.45) is 4.01. The minimum absolute atomic E-state index is 0.0110. The van der Waals surface area contributed by atoms with Gasteiger partial charge in [-0.15, -0.1) is 0 Å². The van der Waals surface area contributed by atoms with Crippen LogP contribution < -0.4 is 5.32 Å². The van der Waals surface area contributed by atoms with Crippen molar-refractivity contribution in [1.82, 2.24) is 20.0 Å². The van der Waals surface area contributed by atoms with Gasteiger partial charge in [0.15, 0.2) is 0 Å². The molecule has 2 N–H and O–H groups in total. The van der Waals surface area contributed by atoms with Crippen LogP contribution in [0.3, 0.4) is 0 Å². The molecule has 25 heavy (non-hydrogen) atoms. The average molecular weight is 356 g/mol. The van der Waals surface area contributed by atoms with Crippen LogP contribution in [-0.2, 0) is 4.79 Å². The van der Waals surface area contributed by atoms with Crippen LogP contribution in [0, 0.1) is 0 Å². The molecule has 6 nitrogen and oxygen atoms in total. The summed E-state index contributed by atoms with van der Waals surface area (Å²) >= 11 is 5.99. The van der Waals surface area contributed by atoms with Crippen LogP contribution in [0.2, 0.25) is 5.02 Å². The minimum Gasteiger partial charge on any atom is -0.311 e. The molecule has 1 aliphatic heterocycles. The van der Waals surface area contributed by atoms with E-state index in [0.717, 1.165) is 28.2 Å². The SMILES string of the molecule is CC(C)n1ncc2c1NC(=O)C[C@@H]2c1cn[nH]c1-c1ccc(Cl)cc1. The lowest BCUT2D eigenvalue weighted by Gasteiger charge is -2.24. The van der Waals surface area contributed by atoms with Crippen LogP contribution in [0.25, 0.3) is 11.3 Å². The normalized spacial score (nSPS) is 16.8. The molecule has 1 aromatic carbocycles. The number of rotatable bonds is 3. The van der Waals surface area contributed by atoms with Crippen molar-refractivity contribution in [3.8, 4) is 11.3 Å². The fourth-order valence-corrected chi connectivity index (χ4v) is 3.44. The van der Waals surface area contributed by atoms with Crippen molar-refractivity contribution >= 4 is 23.3 Å². The quantitative estimate of drug-likeness (QED) is 0.746. The molecule has 0 radical (unpaired) electrons. The largest absolute Gasteiger partial charge is 0.311 e. The van der Waals surface area contributed by atoms with E-state index in [1.807, 2.05) is 49.0 Å². The molecule has 0 unspecified atom stereocenters. The molecule has 3 heterocycles. The maximum atomic E-state index is 12.3. The highest BCUT2D eigenvalue weighted by molar-refractivity contribution is 6.30. The van der Waals surface area contributed by atoms with Gasteiger partial charge in [-0.2, -0.15) is 10.2 Å². The number of hydrogen-bond acceptors (Lipinski definition) is 3. The van der Waals surface area contributed by atoms with E-state index in [1.165, 1.54) is 0 Å². The van der Waals surface area contributed by atoms with Crippen molar-refractivity contribution in [1.29, 1.82) is 0 Å². The summed E-state index contributed by atoms with van der Waals surface area (Å²) in [7, 11) is 0. The van der Waals surface area contributed by atoms with Crippen molar-refractivity contribution in [3.63, 3.8) is 0 Å².